The predicted molar refractivity (Wildman–Crippen MR) is 103 cm³/mol. The van der Waals surface area contributed by atoms with Crippen molar-refractivity contribution < 1.29 is 9.18 Å². The summed E-state index contributed by atoms with van der Waals surface area (Å²) in [5.41, 5.74) is 3.04. The van der Waals surface area contributed by atoms with Crippen molar-refractivity contribution in [1.82, 2.24) is 14.4 Å². The summed E-state index contributed by atoms with van der Waals surface area (Å²) in [5, 5.41) is 2.07. The molecule has 2 aromatic heterocycles. The Hall–Kier alpha value is -2.18. The molecule has 3 aromatic rings. The van der Waals surface area contributed by atoms with Gasteiger partial charge in [-0.15, -0.1) is 11.3 Å². The maximum Gasteiger partial charge on any atom is 0.270 e. The van der Waals surface area contributed by atoms with Crippen LogP contribution >= 0.6 is 11.3 Å². The number of piperazine rings is 1. The zero-order chi connectivity index (χ0) is 18.1. The number of hydrogen-bond acceptors (Lipinski definition) is 3. The number of benzene rings is 1. The number of amides is 1. The molecule has 1 aliphatic rings. The fourth-order valence-corrected chi connectivity index (χ4v) is 4.44. The molecular formula is C20H22FN3OS. The lowest BCUT2D eigenvalue weighted by Gasteiger charge is -2.34. The molecule has 136 valence electrons. The summed E-state index contributed by atoms with van der Waals surface area (Å²) in [4.78, 5) is 17.3. The smallest absolute Gasteiger partial charge is 0.270 e. The number of nitrogens with zero attached hydrogens (tertiary/aromatic N) is 3. The topological polar surface area (TPSA) is 28.5 Å². The van der Waals surface area contributed by atoms with Crippen molar-refractivity contribution >= 4 is 27.5 Å². The highest BCUT2D eigenvalue weighted by molar-refractivity contribution is 7.17. The SMILES string of the molecule is CCn1c(C(=O)N2CCN(Cc3ccc(F)cc3)CC2)cc2sccc21. The van der Waals surface area contributed by atoms with Crippen LogP contribution in [0.1, 0.15) is 23.0 Å². The van der Waals surface area contributed by atoms with Gasteiger partial charge in [-0.25, -0.2) is 4.39 Å². The summed E-state index contributed by atoms with van der Waals surface area (Å²) in [6, 6.07) is 10.8. The molecule has 6 heteroatoms. The van der Waals surface area contributed by atoms with Crippen molar-refractivity contribution in [3.8, 4) is 0 Å². The maximum absolute atomic E-state index is 13.0. The van der Waals surface area contributed by atoms with Gasteiger partial charge >= 0.3 is 0 Å². The molecule has 0 spiro atoms. The van der Waals surface area contributed by atoms with E-state index in [4.69, 9.17) is 0 Å². The first-order valence-electron chi connectivity index (χ1n) is 8.98. The van der Waals surface area contributed by atoms with Crippen LogP contribution in [0.4, 0.5) is 4.39 Å². The zero-order valence-corrected chi connectivity index (χ0v) is 15.6. The van der Waals surface area contributed by atoms with Crippen molar-refractivity contribution in [1.29, 1.82) is 0 Å². The van der Waals surface area contributed by atoms with Crippen LogP contribution in [0.3, 0.4) is 0 Å². The Morgan fingerprint density at radius 3 is 2.54 bits per heavy atom. The monoisotopic (exact) mass is 371 g/mol. The Balaban J connectivity index is 1.41. The molecular weight excluding hydrogens is 349 g/mol. The molecule has 1 amide bonds. The zero-order valence-electron chi connectivity index (χ0n) is 14.8. The van der Waals surface area contributed by atoms with E-state index in [-0.39, 0.29) is 11.7 Å². The quantitative estimate of drug-likeness (QED) is 0.698. The molecule has 1 aromatic carbocycles. The second-order valence-corrected chi connectivity index (χ2v) is 7.59. The summed E-state index contributed by atoms with van der Waals surface area (Å²) < 4.78 is 16.3. The van der Waals surface area contributed by atoms with Crippen LogP contribution in [-0.4, -0.2) is 46.5 Å². The van der Waals surface area contributed by atoms with Crippen LogP contribution in [0.5, 0.6) is 0 Å². The van der Waals surface area contributed by atoms with Crippen LogP contribution in [0.25, 0.3) is 10.2 Å². The lowest BCUT2D eigenvalue weighted by Crippen LogP contribution is -2.48. The number of thiophene rings is 1. The predicted octanol–water partition coefficient (Wildman–Crippen LogP) is 3.82. The fraction of sp³-hybridized carbons (Fsp3) is 0.350. The molecule has 0 radical (unpaired) electrons. The summed E-state index contributed by atoms with van der Waals surface area (Å²) in [6.45, 7) is 6.80. The Morgan fingerprint density at radius 2 is 1.85 bits per heavy atom. The van der Waals surface area contributed by atoms with Crippen molar-refractivity contribution in [3.63, 3.8) is 0 Å². The van der Waals surface area contributed by atoms with E-state index in [2.05, 4.69) is 27.8 Å². The minimum Gasteiger partial charge on any atom is -0.336 e. The summed E-state index contributed by atoms with van der Waals surface area (Å²) >= 11 is 1.68. The van der Waals surface area contributed by atoms with Gasteiger partial charge in [-0.05, 0) is 42.1 Å². The van der Waals surface area contributed by atoms with Gasteiger partial charge in [0.15, 0.2) is 0 Å². The van der Waals surface area contributed by atoms with Crippen molar-refractivity contribution in [2.24, 2.45) is 0 Å². The third kappa shape index (κ3) is 3.27. The number of halogens is 1. The second-order valence-electron chi connectivity index (χ2n) is 6.64. The number of carbonyl (C=O) groups excluding carboxylic acids is 1. The van der Waals surface area contributed by atoms with Crippen LogP contribution < -0.4 is 0 Å². The molecule has 3 heterocycles. The molecule has 0 aliphatic carbocycles. The molecule has 0 atom stereocenters. The van der Waals surface area contributed by atoms with Gasteiger partial charge in [-0.1, -0.05) is 12.1 Å². The van der Waals surface area contributed by atoms with Crippen molar-refractivity contribution in [3.05, 3.63) is 58.9 Å². The van der Waals surface area contributed by atoms with Crippen molar-refractivity contribution in [2.75, 3.05) is 26.2 Å². The standard InChI is InChI=1S/C20H22FN3OS/c1-2-24-17-7-12-26-19(17)13-18(24)20(25)23-10-8-22(9-11-23)14-15-3-5-16(21)6-4-15/h3-7,12-13H,2,8-11,14H2,1H3. The van der Waals surface area contributed by atoms with Gasteiger partial charge in [0, 0.05) is 39.3 Å². The Bertz CT molecular complexity index is 907. The van der Waals surface area contributed by atoms with E-state index in [1.807, 2.05) is 23.1 Å². The highest BCUT2D eigenvalue weighted by Crippen LogP contribution is 2.26. The van der Waals surface area contributed by atoms with Crippen LogP contribution in [0.2, 0.25) is 0 Å². The maximum atomic E-state index is 13.0. The number of fused-ring (bicyclic) bond motifs is 1. The minimum atomic E-state index is -0.206. The Kier molecular flexibility index (Phi) is 4.78. The molecule has 0 bridgehead atoms. The third-order valence-electron chi connectivity index (χ3n) is 5.04. The molecule has 4 rings (SSSR count). The number of carbonyl (C=O) groups is 1. The molecule has 1 aliphatic heterocycles. The molecule has 0 unspecified atom stereocenters. The third-order valence-corrected chi connectivity index (χ3v) is 5.89. The molecule has 0 saturated carbocycles. The van der Waals surface area contributed by atoms with Gasteiger partial charge in [-0.2, -0.15) is 0 Å². The second kappa shape index (κ2) is 7.21. The Morgan fingerprint density at radius 1 is 1.12 bits per heavy atom. The van der Waals surface area contributed by atoms with E-state index in [0.717, 1.165) is 56.0 Å². The summed E-state index contributed by atoms with van der Waals surface area (Å²) in [5.74, 6) is -0.0836. The number of hydrogen-bond donors (Lipinski definition) is 0. The molecule has 1 saturated heterocycles. The van der Waals surface area contributed by atoms with E-state index < -0.39 is 0 Å². The Labute approximate surface area is 156 Å². The van der Waals surface area contributed by atoms with Crippen molar-refractivity contribution in [2.45, 2.75) is 20.0 Å². The van der Waals surface area contributed by atoms with Gasteiger partial charge in [0.1, 0.15) is 11.5 Å². The average molecular weight is 371 g/mol. The lowest BCUT2D eigenvalue weighted by molar-refractivity contribution is 0.0618. The first-order valence-corrected chi connectivity index (χ1v) is 9.86. The first kappa shape index (κ1) is 17.2. The minimum absolute atomic E-state index is 0.122. The fourth-order valence-electron chi connectivity index (χ4n) is 3.61. The van der Waals surface area contributed by atoms with Crippen LogP contribution in [-0.2, 0) is 13.1 Å². The molecule has 0 N–H and O–H groups in total. The van der Waals surface area contributed by atoms with Crippen LogP contribution in [0.15, 0.2) is 41.8 Å². The van der Waals surface area contributed by atoms with Gasteiger partial charge < -0.3 is 9.47 Å². The van der Waals surface area contributed by atoms with Gasteiger partial charge in [0.05, 0.1) is 10.2 Å². The first-order chi connectivity index (χ1) is 12.7. The number of rotatable bonds is 4. The highest BCUT2D eigenvalue weighted by Gasteiger charge is 2.25. The van der Waals surface area contributed by atoms with Gasteiger partial charge in [0.25, 0.3) is 5.91 Å². The average Bonchev–Trinajstić information content (AvgIpc) is 3.24. The summed E-state index contributed by atoms with van der Waals surface area (Å²) in [7, 11) is 0. The van der Waals surface area contributed by atoms with E-state index >= 15 is 0 Å². The van der Waals surface area contributed by atoms with E-state index in [0.29, 0.717) is 0 Å². The normalized spacial score (nSPS) is 15.7. The van der Waals surface area contributed by atoms with Crippen LogP contribution in [0, 0.1) is 5.82 Å². The largest absolute Gasteiger partial charge is 0.336 e. The van der Waals surface area contributed by atoms with Gasteiger partial charge in [-0.3, -0.25) is 9.69 Å². The summed E-state index contributed by atoms with van der Waals surface area (Å²) in [6.07, 6.45) is 0. The highest BCUT2D eigenvalue weighted by atomic mass is 32.1. The van der Waals surface area contributed by atoms with E-state index in [1.54, 1.807) is 11.3 Å². The molecule has 26 heavy (non-hydrogen) atoms. The lowest BCUT2D eigenvalue weighted by atomic mass is 10.2. The van der Waals surface area contributed by atoms with E-state index in [9.17, 15) is 9.18 Å². The molecule has 4 nitrogen and oxygen atoms in total. The molecule has 1 fully saturated rings. The van der Waals surface area contributed by atoms with Gasteiger partial charge in [0.2, 0.25) is 0 Å². The van der Waals surface area contributed by atoms with E-state index in [1.165, 1.54) is 16.8 Å². The number of aromatic nitrogens is 1. The number of aryl methyl sites for hydroxylation is 1.